The minimum atomic E-state index is -0.319. The second-order valence-electron chi connectivity index (χ2n) is 4.90. The number of hydrogen-bond donors (Lipinski definition) is 0. The molecule has 1 aliphatic rings. The molecule has 2 aromatic heterocycles. The van der Waals surface area contributed by atoms with Crippen LogP contribution in [0.3, 0.4) is 0 Å². The van der Waals surface area contributed by atoms with E-state index in [4.69, 9.17) is 0 Å². The number of nitrogens with zero attached hydrogens (tertiary/aromatic N) is 4. The largest absolute Gasteiger partial charge is 0.362 e. The minimum absolute atomic E-state index is 0.319. The van der Waals surface area contributed by atoms with Gasteiger partial charge < -0.3 is 4.90 Å². The average molecular weight is 258 g/mol. The van der Waals surface area contributed by atoms with Gasteiger partial charge in [-0.25, -0.2) is 14.4 Å². The molecular formula is C14H15FN4. The van der Waals surface area contributed by atoms with Crippen molar-refractivity contribution < 1.29 is 4.39 Å². The molecule has 0 aromatic carbocycles. The predicted octanol–water partition coefficient (Wildman–Crippen LogP) is 2.23. The summed E-state index contributed by atoms with van der Waals surface area (Å²) in [6.07, 6.45) is 4.52. The first-order valence-corrected chi connectivity index (χ1v) is 6.34. The maximum atomic E-state index is 13.3. The summed E-state index contributed by atoms with van der Waals surface area (Å²) in [6, 6.07) is 2.69. The summed E-state index contributed by atoms with van der Waals surface area (Å²) < 4.78 is 13.3. The Morgan fingerprint density at radius 2 is 2.05 bits per heavy atom. The highest BCUT2D eigenvalue weighted by Gasteiger charge is 2.21. The normalized spacial score (nSPS) is 13.4. The highest BCUT2D eigenvalue weighted by Crippen LogP contribution is 2.29. The Morgan fingerprint density at radius 1 is 1.21 bits per heavy atom. The fraction of sp³-hybridized carbons (Fsp3) is 0.357. The van der Waals surface area contributed by atoms with Crippen molar-refractivity contribution in [2.45, 2.75) is 19.3 Å². The lowest BCUT2D eigenvalue weighted by molar-refractivity contribution is 0.626. The van der Waals surface area contributed by atoms with E-state index in [0.29, 0.717) is 11.5 Å². The van der Waals surface area contributed by atoms with E-state index in [9.17, 15) is 4.39 Å². The average Bonchev–Trinajstić information content (AvgIpc) is 2.85. The van der Waals surface area contributed by atoms with E-state index < -0.39 is 0 Å². The molecule has 0 aliphatic heterocycles. The zero-order valence-corrected chi connectivity index (χ0v) is 11.0. The molecule has 19 heavy (non-hydrogen) atoms. The third-order valence-corrected chi connectivity index (χ3v) is 3.29. The first-order valence-electron chi connectivity index (χ1n) is 6.34. The topological polar surface area (TPSA) is 41.9 Å². The third-order valence-electron chi connectivity index (χ3n) is 3.29. The van der Waals surface area contributed by atoms with Crippen LogP contribution in [0.2, 0.25) is 0 Å². The van der Waals surface area contributed by atoms with Crippen LogP contribution in [0.1, 0.15) is 17.7 Å². The molecule has 3 rings (SSSR count). The third kappa shape index (κ3) is 2.16. The quantitative estimate of drug-likeness (QED) is 0.828. The Morgan fingerprint density at radius 3 is 2.79 bits per heavy atom. The van der Waals surface area contributed by atoms with Crippen molar-refractivity contribution in [1.29, 1.82) is 0 Å². The summed E-state index contributed by atoms with van der Waals surface area (Å²) in [4.78, 5) is 15.2. The van der Waals surface area contributed by atoms with Gasteiger partial charge in [0.2, 0.25) is 0 Å². The maximum Gasteiger partial charge on any atom is 0.180 e. The number of pyridine rings is 1. The molecule has 0 N–H and O–H groups in total. The molecule has 0 radical (unpaired) electrons. The van der Waals surface area contributed by atoms with E-state index in [1.807, 2.05) is 19.0 Å². The maximum absolute atomic E-state index is 13.3. The van der Waals surface area contributed by atoms with Crippen LogP contribution in [0.15, 0.2) is 18.3 Å². The first-order chi connectivity index (χ1) is 9.15. The van der Waals surface area contributed by atoms with Crippen molar-refractivity contribution >= 4 is 5.82 Å². The van der Waals surface area contributed by atoms with Gasteiger partial charge in [0.05, 0.1) is 0 Å². The molecule has 2 heterocycles. The summed E-state index contributed by atoms with van der Waals surface area (Å²) in [5, 5.41) is 0. The zero-order chi connectivity index (χ0) is 13.4. The van der Waals surface area contributed by atoms with Gasteiger partial charge in [-0.15, -0.1) is 0 Å². The second-order valence-corrected chi connectivity index (χ2v) is 4.90. The van der Waals surface area contributed by atoms with Crippen LogP contribution in [0.25, 0.3) is 11.5 Å². The summed E-state index contributed by atoms with van der Waals surface area (Å²) in [5.74, 6) is 1.10. The molecule has 2 aromatic rings. The second kappa shape index (κ2) is 4.57. The summed E-state index contributed by atoms with van der Waals surface area (Å²) in [7, 11) is 3.92. The molecule has 0 unspecified atom stereocenters. The highest BCUT2D eigenvalue weighted by molar-refractivity contribution is 5.58. The molecule has 5 heteroatoms. The van der Waals surface area contributed by atoms with E-state index in [-0.39, 0.29) is 5.82 Å². The van der Waals surface area contributed by atoms with E-state index >= 15 is 0 Å². The van der Waals surface area contributed by atoms with Crippen LogP contribution in [0, 0.1) is 5.82 Å². The van der Waals surface area contributed by atoms with Crippen LogP contribution in [-0.4, -0.2) is 29.0 Å². The van der Waals surface area contributed by atoms with E-state index in [0.717, 1.165) is 30.8 Å². The first kappa shape index (κ1) is 12.0. The number of fused-ring (bicyclic) bond motifs is 1. The van der Waals surface area contributed by atoms with Gasteiger partial charge in [-0.2, -0.15) is 0 Å². The lowest BCUT2D eigenvalue weighted by Gasteiger charge is -2.16. The molecule has 98 valence electrons. The van der Waals surface area contributed by atoms with Gasteiger partial charge in [-0.3, -0.25) is 4.98 Å². The SMILES string of the molecule is CN(C)c1nc(-c2cc(F)ccn2)nc2c1CCC2. The van der Waals surface area contributed by atoms with E-state index in [1.54, 1.807) is 0 Å². The highest BCUT2D eigenvalue weighted by atomic mass is 19.1. The lowest BCUT2D eigenvalue weighted by Crippen LogP contribution is -2.15. The van der Waals surface area contributed by atoms with Crippen LogP contribution in [0.5, 0.6) is 0 Å². The van der Waals surface area contributed by atoms with Gasteiger partial charge in [0, 0.05) is 37.6 Å². The molecule has 0 atom stereocenters. The number of aryl methyl sites for hydroxylation is 1. The van der Waals surface area contributed by atoms with E-state index in [1.165, 1.54) is 23.9 Å². The van der Waals surface area contributed by atoms with Crippen molar-refractivity contribution in [2.75, 3.05) is 19.0 Å². The fourth-order valence-corrected chi connectivity index (χ4v) is 2.42. The Kier molecular flexibility index (Phi) is 2.89. The standard InChI is InChI=1S/C14H15FN4/c1-19(2)14-10-4-3-5-11(10)17-13(18-14)12-8-9(15)6-7-16-12/h6-8H,3-5H2,1-2H3. The Labute approximate surface area is 111 Å². The summed E-state index contributed by atoms with van der Waals surface area (Å²) in [6.45, 7) is 0. The van der Waals surface area contributed by atoms with Crippen molar-refractivity contribution in [1.82, 2.24) is 15.0 Å². The number of halogens is 1. The van der Waals surface area contributed by atoms with Crippen molar-refractivity contribution in [3.63, 3.8) is 0 Å². The summed E-state index contributed by atoms with van der Waals surface area (Å²) >= 11 is 0. The number of aromatic nitrogens is 3. The number of anilines is 1. The molecule has 1 aliphatic carbocycles. The number of hydrogen-bond acceptors (Lipinski definition) is 4. The van der Waals surface area contributed by atoms with Crippen molar-refractivity contribution in [2.24, 2.45) is 0 Å². The van der Waals surface area contributed by atoms with Gasteiger partial charge in [-0.05, 0) is 25.3 Å². The molecule has 0 saturated heterocycles. The lowest BCUT2D eigenvalue weighted by atomic mass is 10.2. The molecule has 0 fully saturated rings. The molecule has 0 bridgehead atoms. The molecule has 0 spiro atoms. The van der Waals surface area contributed by atoms with Gasteiger partial charge in [0.15, 0.2) is 5.82 Å². The van der Waals surface area contributed by atoms with Crippen molar-refractivity contribution in [3.05, 3.63) is 35.4 Å². The van der Waals surface area contributed by atoms with Crippen LogP contribution >= 0.6 is 0 Å². The Bertz CT molecular complexity index is 625. The van der Waals surface area contributed by atoms with Gasteiger partial charge in [0.25, 0.3) is 0 Å². The fourth-order valence-electron chi connectivity index (χ4n) is 2.42. The van der Waals surface area contributed by atoms with E-state index in [2.05, 4.69) is 15.0 Å². The van der Waals surface area contributed by atoms with Gasteiger partial charge in [0.1, 0.15) is 17.3 Å². The molecule has 0 amide bonds. The smallest absolute Gasteiger partial charge is 0.180 e. The Balaban J connectivity index is 2.15. The van der Waals surface area contributed by atoms with Gasteiger partial charge in [-0.1, -0.05) is 0 Å². The number of rotatable bonds is 2. The molecular weight excluding hydrogens is 243 g/mol. The summed E-state index contributed by atoms with van der Waals surface area (Å²) in [5.41, 5.74) is 2.77. The monoisotopic (exact) mass is 258 g/mol. The molecule has 4 nitrogen and oxygen atoms in total. The zero-order valence-electron chi connectivity index (χ0n) is 11.0. The van der Waals surface area contributed by atoms with Crippen molar-refractivity contribution in [3.8, 4) is 11.5 Å². The molecule has 0 saturated carbocycles. The minimum Gasteiger partial charge on any atom is -0.362 e. The van der Waals surface area contributed by atoms with Crippen LogP contribution in [-0.2, 0) is 12.8 Å². The van der Waals surface area contributed by atoms with Crippen LogP contribution in [0.4, 0.5) is 10.2 Å². The van der Waals surface area contributed by atoms with Gasteiger partial charge >= 0.3 is 0 Å². The van der Waals surface area contributed by atoms with Crippen LogP contribution < -0.4 is 4.90 Å². The predicted molar refractivity (Wildman–Crippen MR) is 71.6 cm³/mol. The Hall–Kier alpha value is -2.04.